The summed E-state index contributed by atoms with van der Waals surface area (Å²) in [7, 11) is 0. The second-order valence-corrected chi connectivity index (χ2v) is 7.42. The van der Waals surface area contributed by atoms with Gasteiger partial charge in [-0.25, -0.2) is 0 Å². The number of ether oxygens (including phenoxy) is 1. The van der Waals surface area contributed by atoms with Gasteiger partial charge in [0.1, 0.15) is 11.5 Å². The normalized spacial score (nSPS) is 15.1. The van der Waals surface area contributed by atoms with Crippen LogP contribution < -0.4 is 9.64 Å². The number of piperidine rings is 1. The summed E-state index contributed by atoms with van der Waals surface area (Å²) in [4.78, 5) is 2.40. The molecule has 2 aromatic carbocycles. The smallest absolute Gasteiger partial charge is 0.387 e. The van der Waals surface area contributed by atoms with Crippen LogP contribution in [0.5, 0.6) is 11.5 Å². The highest BCUT2D eigenvalue weighted by Crippen LogP contribution is 2.31. The van der Waals surface area contributed by atoms with Crippen LogP contribution in [0, 0.1) is 0 Å². The van der Waals surface area contributed by atoms with Gasteiger partial charge in [0.15, 0.2) is 0 Å². The fraction of sp³-hybridized carbons (Fsp3) is 0.304. The molecule has 3 aromatic rings. The average Bonchev–Trinajstić information content (AvgIpc) is 3.18. The molecule has 0 radical (unpaired) electrons. The van der Waals surface area contributed by atoms with Crippen molar-refractivity contribution in [1.82, 2.24) is 4.57 Å². The molecule has 1 aromatic heterocycles. The molecular weight excluding hydrogens is 374 g/mol. The average molecular weight is 398 g/mol. The van der Waals surface area contributed by atoms with E-state index in [0.717, 1.165) is 31.5 Å². The van der Waals surface area contributed by atoms with Gasteiger partial charge in [-0.3, -0.25) is 0 Å². The first kappa shape index (κ1) is 19.3. The van der Waals surface area contributed by atoms with Gasteiger partial charge in [0.25, 0.3) is 0 Å². The number of hydrogen-bond donors (Lipinski definition) is 1. The van der Waals surface area contributed by atoms with Gasteiger partial charge in [-0.05, 0) is 60.2 Å². The predicted molar refractivity (Wildman–Crippen MR) is 109 cm³/mol. The van der Waals surface area contributed by atoms with Gasteiger partial charge in [-0.2, -0.15) is 8.78 Å². The molecule has 4 rings (SSSR count). The number of aromatic hydroxyl groups is 1. The van der Waals surface area contributed by atoms with Crippen molar-refractivity contribution in [1.29, 1.82) is 0 Å². The minimum atomic E-state index is -2.80. The SMILES string of the molecule is Oc1ccc(C2CCN(c3ccn(Cc4ccc(OC(F)F)cc4)c3)CC2)cc1. The summed E-state index contributed by atoms with van der Waals surface area (Å²) in [5.74, 6) is 1.01. The highest BCUT2D eigenvalue weighted by Gasteiger charge is 2.21. The number of hydrogen-bond acceptors (Lipinski definition) is 3. The van der Waals surface area contributed by atoms with Crippen molar-refractivity contribution in [2.75, 3.05) is 18.0 Å². The van der Waals surface area contributed by atoms with Gasteiger partial charge in [-0.15, -0.1) is 0 Å². The molecule has 29 heavy (non-hydrogen) atoms. The quantitative estimate of drug-likeness (QED) is 0.618. The number of phenolic OH excluding ortho intramolecular Hbond substituents is 1. The van der Waals surface area contributed by atoms with Crippen molar-refractivity contribution in [2.45, 2.75) is 31.9 Å². The van der Waals surface area contributed by atoms with Crippen LogP contribution in [0.2, 0.25) is 0 Å². The number of phenols is 1. The first-order valence-corrected chi connectivity index (χ1v) is 9.80. The lowest BCUT2D eigenvalue weighted by Gasteiger charge is -2.33. The zero-order chi connectivity index (χ0) is 20.2. The Balaban J connectivity index is 1.33. The summed E-state index contributed by atoms with van der Waals surface area (Å²) in [5, 5.41) is 9.46. The molecule has 0 bridgehead atoms. The molecule has 152 valence electrons. The van der Waals surface area contributed by atoms with E-state index in [2.05, 4.69) is 26.5 Å². The Hall–Kier alpha value is -3.02. The van der Waals surface area contributed by atoms with Gasteiger partial charge in [0.2, 0.25) is 0 Å². The third-order valence-corrected chi connectivity index (χ3v) is 5.47. The first-order valence-electron chi connectivity index (χ1n) is 9.80. The van der Waals surface area contributed by atoms with E-state index in [1.807, 2.05) is 18.3 Å². The lowest BCUT2D eigenvalue weighted by atomic mass is 9.89. The molecule has 0 aliphatic carbocycles. The fourth-order valence-corrected chi connectivity index (χ4v) is 3.92. The molecule has 0 spiro atoms. The largest absolute Gasteiger partial charge is 0.508 e. The van der Waals surface area contributed by atoms with E-state index in [0.29, 0.717) is 18.2 Å². The Morgan fingerprint density at radius 1 is 0.966 bits per heavy atom. The molecule has 4 nitrogen and oxygen atoms in total. The van der Waals surface area contributed by atoms with Crippen molar-refractivity contribution in [3.63, 3.8) is 0 Å². The van der Waals surface area contributed by atoms with Crippen molar-refractivity contribution in [3.8, 4) is 11.5 Å². The molecule has 2 heterocycles. The van der Waals surface area contributed by atoms with E-state index < -0.39 is 6.61 Å². The highest BCUT2D eigenvalue weighted by atomic mass is 19.3. The van der Waals surface area contributed by atoms with Crippen LogP contribution in [-0.4, -0.2) is 29.4 Å². The molecule has 1 aliphatic heterocycles. The van der Waals surface area contributed by atoms with Crippen LogP contribution in [-0.2, 0) is 6.54 Å². The summed E-state index contributed by atoms with van der Waals surface area (Å²) in [6.07, 6.45) is 6.35. The Bertz CT molecular complexity index is 915. The summed E-state index contributed by atoms with van der Waals surface area (Å²) in [5.41, 5.74) is 3.52. The Morgan fingerprint density at radius 3 is 2.31 bits per heavy atom. The standard InChI is InChI=1S/C23H24F2N2O2/c24-23(25)29-22-7-1-17(2-8-22)15-26-12-11-20(16-26)27-13-9-19(10-14-27)18-3-5-21(28)6-4-18/h1-8,11-12,16,19,23,28H,9-10,13-15H2. The summed E-state index contributed by atoms with van der Waals surface area (Å²) < 4.78 is 31.0. The van der Waals surface area contributed by atoms with Crippen LogP contribution >= 0.6 is 0 Å². The number of anilines is 1. The molecular formula is C23H24F2N2O2. The third-order valence-electron chi connectivity index (χ3n) is 5.47. The van der Waals surface area contributed by atoms with Crippen molar-refractivity contribution in [3.05, 3.63) is 78.1 Å². The number of rotatable bonds is 6. The minimum absolute atomic E-state index is 0.174. The molecule has 1 saturated heterocycles. The zero-order valence-electron chi connectivity index (χ0n) is 16.0. The van der Waals surface area contributed by atoms with Crippen molar-refractivity contribution < 1.29 is 18.6 Å². The van der Waals surface area contributed by atoms with Crippen molar-refractivity contribution in [2.24, 2.45) is 0 Å². The van der Waals surface area contributed by atoms with Gasteiger partial charge >= 0.3 is 6.61 Å². The molecule has 1 fully saturated rings. The Labute approximate surface area is 169 Å². The molecule has 0 amide bonds. The summed E-state index contributed by atoms with van der Waals surface area (Å²) in [6.45, 7) is -0.130. The number of nitrogens with zero attached hydrogens (tertiary/aromatic N) is 2. The predicted octanol–water partition coefficient (Wildman–Crippen LogP) is 5.23. The second kappa shape index (κ2) is 8.55. The molecule has 1 N–H and O–H groups in total. The van der Waals surface area contributed by atoms with Crippen LogP contribution in [0.3, 0.4) is 0 Å². The van der Waals surface area contributed by atoms with Crippen molar-refractivity contribution >= 4 is 5.69 Å². The number of halogens is 2. The minimum Gasteiger partial charge on any atom is -0.508 e. The lowest BCUT2D eigenvalue weighted by Crippen LogP contribution is -2.32. The molecule has 1 aliphatic rings. The topological polar surface area (TPSA) is 37.6 Å². The number of benzene rings is 2. The number of alkyl halides is 2. The van der Waals surface area contributed by atoms with Crippen LogP contribution in [0.15, 0.2) is 67.0 Å². The molecule has 0 unspecified atom stereocenters. The monoisotopic (exact) mass is 398 g/mol. The van der Waals surface area contributed by atoms with E-state index in [1.165, 1.54) is 11.3 Å². The Kier molecular flexibility index (Phi) is 5.69. The van der Waals surface area contributed by atoms with Gasteiger partial charge in [0.05, 0.1) is 5.69 Å². The van der Waals surface area contributed by atoms with Gasteiger partial charge < -0.3 is 19.3 Å². The zero-order valence-corrected chi connectivity index (χ0v) is 16.0. The number of aromatic nitrogens is 1. The van der Waals surface area contributed by atoms with Crippen LogP contribution in [0.4, 0.5) is 14.5 Å². The molecule has 0 atom stereocenters. The third kappa shape index (κ3) is 4.88. The van der Waals surface area contributed by atoms with E-state index in [1.54, 1.807) is 36.4 Å². The summed E-state index contributed by atoms with van der Waals surface area (Å²) >= 11 is 0. The van der Waals surface area contributed by atoms with E-state index in [9.17, 15) is 13.9 Å². The van der Waals surface area contributed by atoms with Crippen LogP contribution in [0.25, 0.3) is 0 Å². The van der Waals surface area contributed by atoms with Crippen LogP contribution in [0.1, 0.15) is 29.9 Å². The lowest BCUT2D eigenvalue weighted by molar-refractivity contribution is -0.0498. The maximum Gasteiger partial charge on any atom is 0.387 e. The highest BCUT2D eigenvalue weighted by molar-refractivity contribution is 5.46. The fourth-order valence-electron chi connectivity index (χ4n) is 3.92. The summed E-state index contributed by atoms with van der Waals surface area (Å²) in [6, 6.07) is 16.4. The maximum absolute atomic E-state index is 12.2. The molecule has 0 saturated carbocycles. The van der Waals surface area contributed by atoms with E-state index in [4.69, 9.17) is 0 Å². The van der Waals surface area contributed by atoms with E-state index >= 15 is 0 Å². The second-order valence-electron chi connectivity index (χ2n) is 7.42. The Morgan fingerprint density at radius 2 is 1.66 bits per heavy atom. The van der Waals surface area contributed by atoms with Gasteiger partial charge in [-0.1, -0.05) is 24.3 Å². The molecule has 6 heteroatoms. The first-order chi connectivity index (χ1) is 14.1. The van der Waals surface area contributed by atoms with Gasteiger partial charge in [0, 0.05) is 32.0 Å². The maximum atomic E-state index is 12.2. The van der Waals surface area contributed by atoms with E-state index in [-0.39, 0.29) is 5.75 Å².